The highest BCUT2D eigenvalue weighted by Crippen LogP contribution is 2.08. The van der Waals surface area contributed by atoms with Gasteiger partial charge in [0, 0.05) is 12.1 Å². The largest absolute Gasteiger partial charge is 0.326 e. The lowest BCUT2D eigenvalue weighted by Gasteiger charge is -1.99. The summed E-state index contributed by atoms with van der Waals surface area (Å²) >= 11 is 0. The van der Waals surface area contributed by atoms with Crippen molar-refractivity contribution in [2.75, 3.05) is 0 Å². The zero-order valence-corrected chi connectivity index (χ0v) is 5.89. The average Bonchev–Trinajstić information content (AvgIpc) is 1.94. The minimum Gasteiger partial charge on any atom is -0.326 e. The van der Waals surface area contributed by atoms with Crippen molar-refractivity contribution in [3.63, 3.8) is 0 Å². The van der Waals surface area contributed by atoms with Crippen LogP contribution in [-0.4, -0.2) is 0 Å². The quantitative estimate of drug-likeness (QED) is 0.628. The van der Waals surface area contributed by atoms with E-state index in [1.165, 1.54) is 6.07 Å². The third kappa shape index (κ3) is 1.33. The summed E-state index contributed by atoms with van der Waals surface area (Å²) < 4.78 is 12.7. The van der Waals surface area contributed by atoms with Crippen LogP contribution in [0.2, 0.25) is 0 Å². The molecule has 0 unspecified atom stereocenters. The first-order valence-electron chi connectivity index (χ1n) is 3.19. The van der Waals surface area contributed by atoms with Crippen LogP contribution < -0.4 is 5.73 Å². The maximum absolute atomic E-state index is 12.7. The van der Waals surface area contributed by atoms with Crippen molar-refractivity contribution in [3.8, 4) is 0 Å². The lowest BCUT2D eigenvalue weighted by atomic mass is 10.1. The molecule has 54 valence electrons. The van der Waals surface area contributed by atoms with Crippen LogP contribution in [0.15, 0.2) is 18.2 Å². The SMILES string of the molecule is Cc1ccc(F)c(CN)c1. The molecule has 0 aromatic heterocycles. The normalized spacial score (nSPS) is 9.90. The Bertz CT molecular complexity index is 233. The third-order valence-corrected chi connectivity index (χ3v) is 1.42. The molecule has 1 aromatic rings. The van der Waals surface area contributed by atoms with Crippen LogP contribution in [0.3, 0.4) is 0 Å². The smallest absolute Gasteiger partial charge is 0.127 e. The van der Waals surface area contributed by atoms with E-state index in [9.17, 15) is 4.39 Å². The fourth-order valence-electron chi connectivity index (χ4n) is 0.860. The lowest BCUT2D eigenvalue weighted by Crippen LogP contribution is -1.99. The second kappa shape index (κ2) is 2.80. The van der Waals surface area contributed by atoms with Gasteiger partial charge in [0.25, 0.3) is 0 Å². The molecule has 1 aromatic carbocycles. The van der Waals surface area contributed by atoms with Crippen molar-refractivity contribution in [3.05, 3.63) is 35.1 Å². The van der Waals surface area contributed by atoms with Gasteiger partial charge in [-0.15, -0.1) is 0 Å². The summed E-state index contributed by atoms with van der Waals surface area (Å²) in [5.41, 5.74) is 6.91. The lowest BCUT2D eigenvalue weighted by molar-refractivity contribution is 0.610. The predicted molar refractivity (Wildman–Crippen MR) is 39.0 cm³/mol. The van der Waals surface area contributed by atoms with Crippen LogP contribution in [-0.2, 0) is 6.54 Å². The van der Waals surface area contributed by atoms with Crippen LogP contribution in [0.5, 0.6) is 0 Å². The first kappa shape index (κ1) is 7.22. The summed E-state index contributed by atoms with van der Waals surface area (Å²) in [7, 11) is 0. The molecule has 1 rings (SSSR count). The minimum absolute atomic E-state index is 0.215. The average molecular weight is 139 g/mol. The van der Waals surface area contributed by atoms with E-state index in [1.807, 2.05) is 6.92 Å². The molecule has 0 aliphatic heterocycles. The molecule has 0 atom stereocenters. The fraction of sp³-hybridized carbons (Fsp3) is 0.250. The molecular formula is C8H10FN. The molecule has 10 heavy (non-hydrogen) atoms. The van der Waals surface area contributed by atoms with Crippen LogP contribution in [0.1, 0.15) is 11.1 Å². The molecule has 0 fully saturated rings. The van der Waals surface area contributed by atoms with Gasteiger partial charge in [0.05, 0.1) is 0 Å². The van der Waals surface area contributed by atoms with Crippen molar-refractivity contribution >= 4 is 0 Å². The van der Waals surface area contributed by atoms with Gasteiger partial charge in [-0.1, -0.05) is 17.7 Å². The Morgan fingerprint density at radius 3 is 2.70 bits per heavy atom. The van der Waals surface area contributed by atoms with E-state index < -0.39 is 0 Å². The number of halogens is 1. The number of hydrogen-bond donors (Lipinski definition) is 1. The van der Waals surface area contributed by atoms with Gasteiger partial charge >= 0.3 is 0 Å². The van der Waals surface area contributed by atoms with Crippen LogP contribution >= 0.6 is 0 Å². The molecule has 0 radical (unpaired) electrons. The van der Waals surface area contributed by atoms with Crippen LogP contribution in [0, 0.1) is 12.7 Å². The van der Waals surface area contributed by atoms with Gasteiger partial charge in [0.1, 0.15) is 5.82 Å². The molecule has 0 bridgehead atoms. The first-order valence-corrected chi connectivity index (χ1v) is 3.19. The predicted octanol–water partition coefficient (Wildman–Crippen LogP) is 1.59. The van der Waals surface area contributed by atoms with Gasteiger partial charge in [-0.3, -0.25) is 0 Å². The van der Waals surface area contributed by atoms with E-state index in [0.29, 0.717) is 5.56 Å². The number of hydrogen-bond acceptors (Lipinski definition) is 1. The molecule has 1 nitrogen and oxygen atoms in total. The number of aryl methyl sites for hydroxylation is 1. The summed E-state index contributed by atoms with van der Waals surface area (Å²) in [6.07, 6.45) is 0. The maximum Gasteiger partial charge on any atom is 0.127 e. The second-order valence-corrected chi connectivity index (χ2v) is 2.30. The topological polar surface area (TPSA) is 26.0 Å². The van der Waals surface area contributed by atoms with E-state index in [2.05, 4.69) is 0 Å². The number of benzene rings is 1. The molecule has 0 heterocycles. The van der Waals surface area contributed by atoms with Gasteiger partial charge < -0.3 is 5.73 Å². The molecule has 2 N–H and O–H groups in total. The summed E-state index contributed by atoms with van der Waals surface area (Å²) in [6, 6.07) is 4.93. The molecule has 0 saturated heterocycles. The Morgan fingerprint density at radius 1 is 1.50 bits per heavy atom. The molecule has 0 aliphatic rings. The van der Waals surface area contributed by atoms with E-state index in [1.54, 1.807) is 12.1 Å². The Morgan fingerprint density at radius 2 is 2.20 bits per heavy atom. The van der Waals surface area contributed by atoms with Crippen LogP contribution in [0.4, 0.5) is 4.39 Å². The minimum atomic E-state index is -0.215. The zero-order valence-electron chi connectivity index (χ0n) is 5.89. The third-order valence-electron chi connectivity index (χ3n) is 1.42. The van der Waals surface area contributed by atoms with Gasteiger partial charge in [-0.05, 0) is 13.0 Å². The van der Waals surface area contributed by atoms with Gasteiger partial charge in [-0.25, -0.2) is 4.39 Å². The monoisotopic (exact) mass is 139 g/mol. The van der Waals surface area contributed by atoms with Crippen molar-refractivity contribution in [2.45, 2.75) is 13.5 Å². The van der Waals surface area contributed by atoms with Gasteiger partial charge in [0.15, 0.2) is 0 Å². The zero-order chi connectivity index (χ0) is 7.56. The Labute approximate surface area is 59.7 Å². The number of rotatable bonds is 1. The van der Waals surface area contributed by atoms with Crippen molar-refractivity contribution < 1.29 is 4.39 Å². The summed E-state index contributed by atoms with van der Waals surface area (Å²) in [6.45, 7) is 2.19. The van der Waals surface area contributed by atoms with Gasteiger partial charge in [0.2, 0.25) is 0 Å². The van der Waals surface area contributed by atoms with Crippen molar-refractivity contribution in [1.82, 2.24) is 0 Å². The Hall–Kier alpha value is -0.890. The summed E-state index contributed by atoms with van der Waals surface area (Å²) in [5, 5.41) is 0. The van der Waals surface area contributed by atoms with E-state index in [4.69, 9.17) is 5.73 Å². The second-order valence-electron chi connectivity index (χ2n) is 2.30. The Balaban J connectivity index is 3.09. The Kier molecular flexibility index (Phi) is 2.02. The highest BCUT2D eigenvalue weighted by atomic mass is 19.1. The maximum atomic E-state index is 12.7. The van der Waals surface area contributed by atoms with E-state index in [-0.39, 0.29) is 12.4 Å². The molecule has 0 spiro atoms. The summed E-state index contributed by atoms with van der Waals surface area (Å²) in [4.78, 5) is 0. The molecule has 0 aliphatic carbocycles. The molecule has 0 saturated carbocycles. The van der Waals surface area contributed by atoms with E-state index >= 15 is 0 Å². The number of nitrogens with two attached hydrogens (primary N) is 1. The molecule has 0 amide bonds. The van der Waals surface area contributed by atoms with E-state index in [0.717, 1.165) is 5.56 Å². The molecular weight excluding hydrogens is 129 g/mol. The van der Waals surface area contributed by atoms with Gasteiger partial charge in [-0.2, -0.15) is 0 Å². The van der Waals surface area contributed by atoms with Crippen LogP contribution in [0.25, 0.3) is 0 Å². The fourth-order valence-corrected chi connectivity index (χ4v) is 0.860. The first-order chi connectivity index (χ1) is 4.74. The standard InChI is InChI=1S/C8H10FN/c1-6-2-3-8(9)7(4-6)5-10/h2-4H,5,10H2,1H3. The van der Waals surface area contributed by atoms with Crippen molar-refractivity contribution in [2.24, 2.45) is 5.73 Å². The summed E-state index contributed by atoms with van der Waals surface area (Å²) in [5.74, 6) is -0.215. The highest BCUT2D eigenvalue weighted by Gasteiger charge is 1.97. The van der Waals surface area contributed by atoms with Crippen molar-refractivity contribution in [1.29, 1.82) is 0 Å². The highest BCUT2D eigenvalue weighted by molar-refractivity contribution is 5.23. The molecule has 2 heteroatoms.